The molecule has 4 heteroatoms. The lowest BCUT2D eigenvalue weighted by atomic mass is 9.60. The van der Waals surface area contributed by atoms with Gasteiger partial charge in [-0.25, -0.2) is 0 Å². The molecule has 1 aliphatic rings. The van der Waals surface area contributed by atoms with Crippen molar-refractivity contribution in [3.63, 3.8) is 0 Å². The SMILES string of the molecule is CCCN(CCC)c1c2ccccc2c(C2C([O-])C(c3c4ccccc4c(N(CCC)CCC)c4ccccc34)C2[O-])c2ccccc12. The van der Waals surface area contributed by atoms with Gasteiger partial charge in [-0.3, -0.25) is 0 Å². The summed E-state index contributed by atoms with van der Waals surface area (Å²) in [5.41, 5.74) is 4.34. The lowest BCUT2D eigenvalue weighted by molar-refractivity contribution is -0.535. The van der Waals surface area contributed by atoms with Gasteiger partial charge < -0.3 is 20.0 Å². The molecule has 0 atom stereocenters. The molecule has 0 amide bonds. The number of anilines is 2. The maximum Gasteiger partial charge on any atom is 0.0525 e. The Morgan fingerprint density at radius 2 is 0.625 bits per heavy atom. The van der Waals surface area contributed by atoms with Gasteiger partial charge in [0.1, 0.15) is 0 Å². The number of fused-ring (bicyclic) bond motifs is 4. The third-order valence-electron chi connectivity index (χ3n) is 10.6. The van der Waals surface area contributed by atoms with Crippen LogP contribution in [0.25, 0.3) is 43.1 Å². The lowest BCUT2D eigenvalue weighted by Gasteiger charge is -2.62. The smallest absolute Gasteiger partial charge is 0.0525 e. The molecule has 6 aromatic carbocycles. The van der Waals surface area contributed by atoms with Crippen LogP contribution in [0.1, 0.15) is 76.3 Å². The maximum absolute atomic E-state index is 14.9. The molecule has 0 N–H and O–H groups in total. The van der Waals surface area contributed by atoms with Crippen molar-refractivity contribution in [3.8, 4) is 0 Å². The molecule has 0 heterocycles. The second-order valence-corrected chi connectivity index (χ2v) is 13.7. The first kappa shape index (κ1) is 32.4. The molecule has 248 valence electrons. The largest absolute Gasteiger partial charge is 0.851 e. The Morgan fingerprint density at radius 1 is 0.396 bits per heavy atom. The van der Waals surface area contributed by atoms with Crippen molar-refractivity contribution in [3.05, 3.63) is 108 Å². The van der Waals surface area contributed by atoms with E-state index in [1.54, 1.807) is 0 Å². The van der Waals surface area contributed by atoms with Crippen molar-refractivity contribution < 1.29 is 10.2 Å². The maximum atomic E-state index is 14.9. The fourth-order valence-corrected chi connectivity index (χ4v) is 8.76. The van der Waals surface area contributed by atoms with E-state index in [0.29, 0.717) is 0 Å². The van der Waals surface area contributed by atoms with Crippen molar-refractivity contribution in [2.45, 2.75) is 77.4 Å². The third-order valence-corrected chi connectivity index (χ3v) is 10.6. The Morgan fingerprint density at radius 3 is 0.854 bits per heavy atom. The minimum Gasteiger partial charge on any atom is -0.851 e. The van der Waals surface area contributed by atoms with Crippen molar-refractivity contribution in [2.24, 2.45) is 0 Å². The molecule has 6 aromatic rings. The molecule has 0 aliphatic heterocycles. The molecule has 7 rings (SSSR count). The zero-order valence-corrected chi connectivity index (χ0v) is 28.9. The van der Waals surface area contributed by atoms with Gasteiger partial charge in [-0.15, -0.1) is 12.2 Å². The Bertz CT molecular complexity index is 1790. The summed E-state index contributed by atoms with van der Waals surface area (Å²) in [4.78, 5) is 5.00. The minimum atomic E-state index is -1.05. The number of hydrogen-bond donors (Lipinski definition) is 0. The second-order valence-electron chi connectivity index (χ2n) is 13.7. The highest BCUT2D eigenvalue weighted by atomic mass is 16.3. The molecule has 0 saturated heterocycles. The van der Waals surface area contributed by atoms with Crippen molar-refractivity contribution in [2.75, 3.05) is 36.0 Å². The van der Waals surface area contributed by atoms with Gasteiger partial charge in [0.25, 0.3) is 0 Å². The van der Waals surface area contributed by atoms with Crippen molar-refractivity contribution in [1.29, 1.82) is 0 Å². The highest BCUT2D eigenvalue weighted by Gasteiger charge is 2.42. The van der Waals surface area contributed by atoms with E-state index in [1.165, 1.54) is 11.4 Å². The normalized spacial score (nSPS) is 19.3. The molecule has 0 bridgehead atoms. The third kappa shape index (κ3) is 5.21. The number of nitrogens with zero attached hydrogens (tertiary/aromatic N) is 2. The first-order chi connectivity index (χ1) is 23.5. The summed E-state index contributed by atoms with van der Waals surface area (Å²) in [7, 11) is 0. The van der Waals surface area contributed by atoms with Crippen molar-refractivity contribution in [1.82, 2.24) is 0 Å². The van der Waals surface area contributed by atoms with Gasteiger partial charge >= 0.3 is 0 Å². The minimum absolute atomic E-state index is 0.626. The van der Waals surface area contributed by atoms with Crippen LogP contribution in [0, 0.1) is 0 Å². The molecule has 1 fully saturated rings. The van der Waals surface area contributed by atoms with Crippen LogP contribution in [-0.4, -0.2) is 38.4 Å². The quantitative estimate of drug-likeness (QED) is 0.126. The van der Waals surface area contributed by atoms with Crippen LogP contribution in [0.3, 0.4) is 0 Å². The summed E-state index contributed by atoms with van der Waals surface area (Å²) in [6.07, 6.45) is 2.11. The second kappa shape index (κ2) is 13.8. The average molecular weight is 637 g/mol. The zero-order valence-electron chi connectivity index (χ0n) is 28.9. The molecule has 0 aromatic heterocycles. The summed E-state index contributed by atoms with van der Waals surface area (Å²) in [6.45, 7) is 12.8. The first-order valence-electron chi connectivity index (χ1n) is 18.2. The number of benzene rings is 6. The van der Waals surface area contributed by atoms with E-state index in [2.05, 4.69) is 135 Å². The van der Waals surface area contributed by atoms with Gasteiger partial charge in [0.2, 0.25) is 0 Å². The lowest BCUT2D eigenvalue weighted by Crippen LogP contribution is -2.63. The highest BCUT2D eigenvalue weighted by Crippen LogP contribution is 2.54. The van der Waals surface area contributed by atoms with Gasteiger partial charge in [0.05, 0.1) is 11.4 Å². The Hall–Kier alpha value is -4.12. The van der Waals surface area contributed by atoms with E-state index in [9.17, 15) is 10.2 Å². The monoisotopic (exact) mass is 636 g/mol. The first-order valence-corrected chi connectivity index (χ1v) is 18.2. The fraction of sp³-hybridized carbons (Fsp3) is 0.364. The number of hydrogen-bond acceptors (Lipinski definition) is 4. The molecule has 0 spiro atoms. The van der Waals surface area contributed by atoms with Crippen LogP contribution in [-0.2, 0) is 0 Å². The van der Waals surface area contributed by atoms with E-state index < -0.39 is 24.0 Å². The van der Waals surface area contributed by atoms with Gasteiger partial charge in [0, 0.05) is 47.7 Å². The highest BCUT2D eigenvalue weighted by molar-refractivity contribution is 6.16. The molecule has 4 nitrogen and oxygen atoms in total. The van der Waals surface area contributed by atoms with Crippen LogP contribution in [0.2, 0.25) is 0 Å². The summed E-state index contributed by atoms with van der Waals surface area (Å²) in [6, 6.07) is 33.9. The van der Waals surface area contributed by atoms with Crippen LogP contribution in [0.5, 0.6) is 0 Å². The average Bonchev–Trinajstić information content (AvgIpc) is 3.11. The predicted octanol–water partition coefficient (Wildman–Crippen LogP) is 8.89. The van der Waals surface area contributed by atoms with Crippen LogP contribution >= 0.6 is 0 Å². The van der Waals surface area contributed by atoms with E-state index in [1.807, 2.05) is 0 Å². The van der Waals surface area contributed by atoms with Crippen LogP contribution in [0.15, 0.2) is 97.1 Å². The molecular weight excluding hydrogens is 588 g/mol. The van der Waals surface area contributed by atoms with E-state index in [-0.39, 0.29) is 0 Å². The molecular formula is C44H48N2O2-2. The fourth-order valence-electron chi connectivity index (χ4n) is 8.76. The molecule has 48 heavy (non-hydrogen) atoms. The van der Waals surface area contributed by atoms with Gasteiger partial charge in [0.15, 0.2) is 0 Å². The Balaban J connectivity index is 1.42. The predicted molar refractivity (Wildman–Crippen MR) is 202 cm³/mol. The van der Waals surface area contributed by atoms with E-state index in [0.717, 1.165) is 106 Å². The van der Waals surface area contributed by atoms with E-state index in [4.69, 9.17) is 0 Å². The molecule has 0 unspecified atom stereocenters. The standard InChI is InChI=1S/C44H48N2O2/c1-5-25-45(26-6-2)41-33-21-13-9-17-29(33)37(30-18-10-14-22-34(30)41)39-43(47)40(44(39)48)38-31-19-11-15-23-35(31)42(46(27-7-3)28-8-4)36-24-16-12-20-32(36)38/h9-24,39-40,43-44H,5-8,25-28H2,1-4H3/q-2. The zero-order chi connectivity index (χ0) is 33.4. The topological polar surface area (TPSA) is 52.6 Å². The summed E-state index contributed by atoms with van der Waals surface area (Å²) in [5.74, 6) is -1.25. The Kier molecular flexibility index (Phi) is 9.31. The Labute approximate surface area is 285 Å². The molecule has 1 saturated carbocycles. The summed E-state index contributed by atoms with van der Waals surface area (Å²) < 4.78 is 0. The van der Waals surface area contributed by atoms with E-state index >= 15 is 0 Å². The van der Waals surface area contributed by atoms with Gasteiger partial charge in [-0.05, 0) is 70.2 Å². The summed E-state index contributed by atoms with van der Waals surface area (Å²) in [5, 5.41) is 38.5. The van der Waals surface area contributed by atoms with Crippen LogP contribution < -0.4 is 20.0 Å². The van der Waals surface area contributed by atoms with Gasteiger partial charge in [-0.1, -0.05) is 125 Å². The van der Waals surface area contributed by atoms with Crippen molar-refractivity contribution >= 4 is 54.5 Å². The van der Waals surface area contributed by atoms with Crippen LogP contribution in [0.4, 0.5) is 11.4 Å². The molecule has 1 aliphatic carbocycles. The van der Waals surface area contributed by atoms with Gasteiger partial charge in [-0.2, -0.15) is 0 Å². The number of rotatable bonds is 12. The summed E-state index contributed by atoms with van der Waals surface area (Å²) >= 11 is 0. The molecule has 0 radical (unpaired) electrons.